The summed E-state index contributed by atoms with van der Waals surface area (Å²) >= 11 is 0. The van der Waals surface area contributed by atoms with E-state index < -0.39 is 0 Å². The zero-order valence-corrected chi connectivity index (χ0v) is 10.5. The number of nitrogens with one attached hydrogen (secondary N) is 1. The largest absolute Gasteiger partial charge is 0.480 e. The van der Waals surface area contributed by atoms with Crippen LogP contribution in [0.1, 0.15) is 0 Å². The number of ether oxygens (including phenoxy) is 1. The molecule has 7 nitrogen and oxygen atoms in total. The number of nitrogens with zero attached hydrogens (tertiary/aromatic N) is 5. The fourth-order valence-electron chi connectivity index (χ4n) is 1.79. The molecule has 2 aromatic heterocycles. The molecular weight excluding hydrogens is 244 g/mol. The molecule has 0 fully saturated rings. The molecule has 0 radical (unpaired) electrons. The molecule has 0 saturated carbocycles. The van der Waals surface area contributed by atoms with Crippen molar-refractivity contribution in [2.75, 3.05) is 12.4 Å². The second-order valence-electron chi connectivity index (χ2n) is 3.97. The summed E-state index contributed by atoms with van der Waals surface area (Å²) in [6, 6.07) is 9.35. The molecule has 0 bridgehead atoms. The molecular formula is C12H12N6O. The summed E-state index contributed by atoms with van der Waals surface area (Å²) in [6.07, 6.45) is 0. The molecule has 3 aromatic rings. The number of anilines is 2. The first-order valence-corrected chi connectivity index (χ1v) is 5.71. The molecule has 96 valence electrons. The SMILES string of the molecule is COc1ccc(Nc2cccc3c2nnn3C)nn1. The maximum Gasteiger partial charge on any atom is 0.233 e. The van der Waals surface area contributed by atoms with Crippen molar-refractivity contribution in [2.24, 2.45) is 7.05 Å². The van der Waals surface area contributed by atoms with E-state index in [0.717, 1.165) is 16.7 Å². The van der Waals surface area contributed by atoms with Crippen LogP contribution in [-0.4, -0.2) is 32.3 Å². The highest BCUT2D eigenvalue weighted by Crippen LogP contribution is 2.23. The lowest BCUT2D eigenvalue weighted by Crippen LogP contribution is -1.97. The average Bonchev–Trinajstić information content (AvgIpc) is 2.83. The van der Waals surface area contributed by atoms with Gasteiger partial charge in [-0.2, -0.15) is 0 Å². The number of benzene rings is 1. The smallest absolute Gasteiger partial charge is 0.233 e. The van der Waals surface area contributed by atoms with Crippen molar-refractivity contribution in [3.8, 4) is 5.88 Å². The van der Waals surface area contributed by atoms with E-state index in [1.54, 1.807) is 23.9 Å². The minimum Gasteiger partial charge on any atom is -0.480 e. The summed E-state index contributed by atoms with van der Waals surface area (Å²) in [7, 11) is 3.41. The van der Waals surface area contributed by atoms with Gasteiger partial charge in [0.15, 0.2) is 5.82 Å². The average molecular weight is 256 g/mol. The molecule has 0 aliphatic carbocycles. The van der Waals surface area contributed by atoms with Gasteiger partial charge in [-0.3, -0.25) is 0 Å². The lowest BCUT2D eigenvalue weighted by atomic mass is 10.2. The minimum atomic E-state index is 0.475. The molecule has 3 rings (SSSR count). The molecule has 0 aliphatic heterocycles. The fraction of sp³-hybridized carbons (Fsp3) is 0.167. The van der Waals surface area contributed by atoms with Gasteiger partial charge in [-0.1, -0.05) is 11.3 Å². The van der Waals surface area contributed by atoms with E-state index in [2.05, 4.69) is 25.8 Å². The summed E-state index contributed by atoms with van der Waals surface area (Å²) in [5.74, 6) is 1.10. The minimum absolute atomic E-state index is 0.475. The third-order valence-corrected chi connectivity index (χ3v) is 2.75. The van der Waals surface area contributed by atoms with Crippen LogP contribution in [-0.2, 0) is 7.05 Å². The summed E-state index contributed by atoms with van der Waals surface area (Å²) in [5, 5.41) is 19.2. The Morgan fingerprint density at radius 1 is 1.11 bits per heavy atom. The van der Waals surface area contributed by atoms with E-state index in [1.807, 2.05) is 25.2 Å². The molecule has 2 heterocycles. The van der Waals surface area contributed by atoms with Crippen molar-refractivity contribution in [2.45, 2.75) is 0 Å². The van der Waals surface area contributed by atoms with Gasteiger partial charge in [0.1, 0.15) is 5.52 Å². The highest BCUT2D eigenvalue weighted by atomic mass is 16.5. The Balaban J connectivity index is 1.96. The maximum atomic E-state index is 4.97. The molecule has 7 heteroatoms. The molecule has 19 heavy (non-hydrogen) atoms. The van der Waals surface area contributed by atoms with Crippen molar-refractivity contribution in [3.63, 3.8) is 0 Å². The van der Waals surface area contributed by atoms with Gasteiger partial charge in [-0.15, -0.1) is 15.3 Å². The predicted octanol–water partition coefficient (Wildman–Crippen LogP) is 1.51. The number of aromatic nitrogens is 5. The highest BCUT2D eigenvalue weighted by Gasteiger charge is 2.07. The number of rotatable bonds is 3. The molecule has 1 N–H and O–H groups in total. The number of methoxy groups -OCH3 is 1. The fourth-order valence-corrected chi connectivity index (χ4v) is 1.79. The molecule has 0 spiro atoms. The zero-order chi connectivity index (χ0) is 13.2. The van der Waals surface area contributed by atoms with Gasteiger partial charge in [0.2, 0.25) is 5.88 Å². The quantitative estimate of drug-likeness (QED) is 0.765. The second-order valence-corrected chi connectivity index (χ2v) is 3.97. The van der Waals surface area contributed by atoms with Gasteiger partial charge in [0.25, 0.3) is 0 Å². The molecule has 1 aromatic carbocycles. The van der Waals surface area contributed by atoms with Gasteiger partial charge >= 0.3 is 0 Å². The van der Waals surface area contributed by atoms with E-state index in [-0.39, 0.29) is 0 Å². The van der Waals surface area contributed by atoms with Crippen LogP contribution in [0.3, 0.4) is 0 Å². The topological polar surface area (TPSA) is 77.8 Å². The molecule has 0 atom stereocenters. The van der Waals surface area contributed by atoms with Crippen molar-refractivity contribution < 1.29 is 4.74 Å². The van der Waals surface area contributed by atoms with Gasteiger partial charge < -0.3 is 10.1 Å². The lowest BCUT2D eigenvalue weighted by Gasteiger charge is -2.05. The van der Waals surface area contributed by atoms with Gasteiger partial charge in [-0.25, -0.2) is 4.68 Å². The monoisotopic (exact) mass is 256 g/mol. The van der Waals surface area contributed by atoms with Crippen molar-refractivity contribution in [1.29, 1.82) is 0 Å². The van der Waals surface area contributed by atoms with Crippen LogP contribution in [0.15, 0.2) is 30.3 Å². The van der Waals surface area contributed by atoms with Crippen LogP contribution < -0.4 is 10.1 Å². The Hall–Kier alpha value is -2.70. The second kappa shape index (κ2) is 4.52. The first-order valence-electron chi connectivity index (χ1n) is 5.71. The first-order chi connectivity index (χ1) is 9.28. The molecule has 0 unspecified atom stereocenters. The normalized spacial score (nSPS) is 10.6. The zero-order valence-electron chi connectivity index (χ0n) is 10.5. The summed E-state index contributed by atoms with van der Waals surface area (Å²) < 4.78 is 6.69. The summed E-state index contributed by atoms with van der Waals surface area (Å²) in [6.45, 7) is 0. The number of hydrogen-bond acceptors (Lipinski definition) is 6. The number of fused-ring (bicyclic) bond motifs is 1. The van der Waals surface area contributed by atoms with Crippen molar-refractivity contribution >= 4 is 22.5 Å². The van der Waals surface area contributed by atoms with E-state index >= 15 is 0 Å². The standard InChI is InChI=1S/C12H12N6O/c1-18-9-5-3-4-8(12(9)16-17-18)13-10-6-7-11(19-2)15-14-10/h3-7H,1-2H3,(H,13,14). The van der Waals surface area contributed by atoms with Crippen LogP contribution in [0, 0.1) is 0 Å². The summed E-state index contributed by atoms with van der Waals surface area (Å²) in [5.41, 5.74) is 2.58. The predicted molar refractivity (Wildman–Crippen MR) is 70.4 cm³/mol. The summed E-state index contributed by atoms with van der Waals surface area (Å²) in [4.78, 5) is 0. The Morgan fingerprint density at radius 2 is 2.00 bits per heavy atom. The first kappa shape index (κ1) is 11.4. The van der Waals surface area contributed by atoms with E-state index in [0.29, 0.717) is 11.7 Å². The van der Waals surface area contributed by atoms with Crippen molar-refractivity contribution in [3.05, 3.63) is 30.3 Å². The molecule has 0 aliphatic rings. The van der Waals surface area contributed by atoms with E-state index in [1.165, 1.54) is 0 Å². The van der Waals surface area contributed by atoms with Crippen LogP contribution in [0.2, 0.25) is 0 Å². The Labute approximate surface area is 109 Å². The van der Waals surface area contributed by atoms with Crippen molar-refractivity contribution in [1.82, 2.24) is 25.2 Å². The highest BCUT2D eigenvalue weighted by molar-refractivity contribution is 5.89. The van der Waals surface area contributed by atoms with E-state index in [9.17, 15) is 0 Å². The Morgan fingerprint density at radius 3 is 2.74 bits per heavy atom. The Bertz CT molecular complexity index is 706. The van der Waals surface area contributed by atoms with Crippen LogP contribution >= 0.6 is 0 Å². The van der Waals surface area contributed by atoms with E-state index in [4.69, 9.17) is 4.74 Å². The van der Waals surface area contributed by atoms with Gasteiger partial charge in [-0.05, 0) is 18.2 Å². The Kier molecular flexibility index (Phi) is 2.71. The molecule has 0 amide bonds. The molecule has 0 saturated heterocycles. The maximum absolute atomic E-state index is 4.97. The van der Waals surface area contributed by atoms with Gasteiger partial charge in [0.05, 0.1) is 18.3 Å². The van der Waals surface area contributed by atoms with Crippen LogP contribution in [0.25, 0.3) is 11.0 Å². The third-order valence-electron chi connectivity index (χ3n) is 2.75. The number of hydrogen-bond donors (Lipinski definition) is 1. The lowest BCUT2D eigenvalue weighted by molar-refractivity contribution is 0.392. The van der Waals surface area contributed by atoms with Crippen LogP contribution in [0.4, 0.5) is 11.5 Å². The van der Waals surface area contributed by atoms with Gasteiger partial charge in [0, 0.05) is 13.1 Å². The van der Waals surface area contributed by atoms with Crippen LogP contribution in [0.5, 0.6) is 5.88 Å². The number of aryl methyl sites for hydroxylation is 1. The third kappa shape index (κ3) is 2.05.